The van der Waals surface area contributed by atoms with Crippen LogP contribution in [0.15, 0.2) is 41.6 Å². The van der Waals surface area contributed by atoms with Gasteiger partial charge in [0.1, 0.15) is 5.75 Å². The first-order chi connectivity index (χ1) is 19.3. The van der Waals surface area contributed by atoms with Gasteiger partial charge in [0.05, 0.1) is 27.5 Å². The molecule has 0 spiro atoms. The number of alkyl halides is 9. The molecule has 0 saturated heterocycles. The maximum Gasteiger partial charge on any atom is 0.435 e. The first kappa shape index (κ1) is 34.2. The summed E-state index contributed by atoms with van der Waals surface area (Å²) >= 11 is 5.97. The van der Waals surface area contributed by atoms with Crippen molar-refractivity contribution in [2.45, 2.75) is 49.0 Å². The molecule has 1 heterocycles. The Bertz CT molecular complexity index is 1320. The van der Waals surface area contributed by atoms with Gasteiger partial charge in [-0.25, -0.2) is 0 Å². The van der Waals surface area contributed by atoms with Crippen molar-refractivity contribution in [3.05, 3.63) is 63.7 Å². The molecule has 1 aliphatic heterocycles. The quantitative estimate of drug-likeness (QED) is 0.213. The zero-order valence-corrected chi connectivity index (χ0v) is 24.3. The second-order valence-electron chi connectivity index (χ2n) is 8.95. The van der Waals surface area contributed by atoms with E-state index in [0.29, 0.717) is 5.75 Å². The SMILES string of the molecule is CCSC(C(=O)N(C)c1ccc(C2=NOC(c3cc(C(F)(F)F)cc(C(F)(F)F)c3)(C(F)(F)F)C2)cc1Cl)[S+]([O-])CC. The van der Waals surface area contributed by atoms with Crippen LogP contribution < -0.4 is 4.90 Å². The van der Waals surface area contributed by atoms with Crippen LogP contribution >= 0.6 is 23.4 Å². The Morgan fingerprint density at radius 1 is 1.07 bits per heavy atom. The van der Waals surface area contributed by atoms with Crippen LogP contribution in [0.3, 0.4) is 0 Å². The summed E-state index contributed by atoms with van der Waals surface area (Å²) in [7, 11) is 1.36. The highest BCUT2D eigenvalue weighted by atomic mass is 35.5. The Morgan fingerprint density at radius 2 is 1.64 bits per heavy atom. The van der Waals surface area contributed by atoms with Crippen molar-refractivity contribution in [2.24, 2.45) is 5.16 Å². The summed E-state index contributed by atoms with van der Waals surface area (Å²) < 4.78 is 135. The number of carbonyl (C=O) groups is 1. The van der Waals surface area contributed by atoms with Crippen molar-refractivity contribution < 1.29 is 53.7 Å². The summed E-state index contributed by atoms with van der Waals surface area (Å²) in [5.74, 6) is 0.153. The molecule has 5 nitrogen and oxygen atoms in total. The molecule has 0 bridgehead atoms. The second kappa shape index (κ2) is 12.4. The van der Waals surface area contributed by atoms with Crippen molar-refractivity contribution in [1.82, 2.24) is 0 Å². The van der Waals surface area contributed by atoms with Crippen LogP contribution in [-0.4, -0.2) is 45.5 Å². The number of anilines is 1. The smallest absolute Gasteiger partial charge is 0.435 e. The average molecular weight is 669 g/mol. The standard InChI is InChI=1S/C25H22ClF9N2O3S2/c1-4-41-21(42(39)5-2)20(38)37(3)19-7-6-13(8-17(19)26)18-12-22(40-36-18,25(33,34)35)14-9-15(23(27,28)29)11-16(10-14)24(30,31)32/h6-11,21H,4-5,12H2,1-3H3. The monoisotopic (exact) mass is 668 g/mol. The topological polar surface area (TPSA) is 65.0 Å². The minimum absolute atomic E-state index is 0.0528. The van der Waals surface area contributed by atoms with Crippen LogP contribution in [0.5, 0.6) is 0 Å². The fraction of sp³-hybridized carbons (Fsp3) is 0.440. The van der Waals surface area contributed by atoms with Crippen LogP contribution in [-0.2, 0) is 38.8 Å². The molecule has 0 radical (unpaired) electrons. The molecule has 3 atom stereocenters. The lowest BCUT2D eigenvalue weighted by atomic mass is 9.84. The highest BCUT2D eigenvalue weighted by Gasteiger charge is 2.63. The fourth-order valence-electron chi connectivity index (χ4n) is 4.04. The van der Waals surface area contributed by atoms with Crippen molar-refractivity contribution in [3.63, 3.8) is 0 Å². The minimum atomic E-state index is -5.50. The Morgan fingerprint density at radius 3 is 2.10 bits per heavy atom. The number of hydrogen-bond acceptors (Lipinski definition) is 5. The van der Waals surface area contributed by atoms with Gasteiger partial charge in [-0.05, 0) is 54.2 Å². The maximum atomic E-state index is 14.4. The van der Waals surface area contributed by atoms with Gasteiger partial charge < -0.3 is 14.3 Å². The van der Waals surface area contributed by atoms with Gasteiger partial charge in [0.15, 0.2) is 0 Å². The van der Waals surface area contributed by atoms with Gasteiger partial charge in [-0.1, -0.05) is 41.5 Å². The molecule has 1 aliphatic rings. The third-order valence-corrected chi connectivity index (χ3v) is 9.70. The largest absolute Gasteiger partial charge is 0.615 e. The lowest BCUT2D eigenvalue weighted by Crippen LogP contribution is -2.43. The minimum Gasteiger partial charge on any atom is -0.615 e. The molecule has 2 aromatic carbocycles. The number of thioether (sulfide) groups is 1. The first-order valence-electron chi connectivity index (χ1n) is 11.9. The molecule has 0 aromatic heterocycles. The summed E-state index contributed by atoms with van der Waals surface area (Å²) in [4.78, 5) is 18.8. The Kier molecular flexibility index (Phi) is 10.1. The normalized spacial score (nSPS) is 19.2. The molecule has 232 valence electrons. The van der Waals surface area contributed by atoms with E-state index in [1.54, 1.807) is 13.8 Å². The lowest BCUT2D eigenvalue weighted by Gasteiger charge is -2.30. The van der Waals surface area contributed by atoms with Gasteiger partial charge in [0.2, 0.25) is 4.58 Å². The summed E-state index contributed by atoms with van der Waals surface area (Å²) in [6.45, 7) is 3.41. The molecule has 3 unspecified atom stereocenters. The number of benzene rings is 2. The van der Waals surface area contributed by atoms with Gasteiger partial charge in [-0.15, -0.1) is 0 Å². The van der Waals surface area contributed by atoms with Gasteiger partial charge in [0, 0.05) is 24.6 Å². The van der Waals surface area contributed by atoms with E-state index in [2.05, 4.69) is 9.99 Å². The molecule has 3 rings (SSSR count). The van der Waals surface area contributed by atoms with Gasteiger partial charge in [-0.2, -0.15) is 39.5 Å². The number of amides is 1. The number of carbonyl (C=O) groups excluding carboxylic acids is 1. The van der Waals surface area contributed by atoms with Crippen molar-refractivity contribution in [3.8, 4) is 0 Å². The summed E-state index contributed by atoms with van der Waals surface area (Å²) in [5, 5.41) is 3.23. The van der Waals surface area contributed by atoms with E-state index >= 15 is 0 Å². The second-order valence-corrected chi connectivity index (χ2v) is 12.8. The number of hydrogen-bond donors (Lipinski definition) is 0. The van der Waals surface area contributed by atoms with Crippen LogP contribution in [0, 0.1) is 0 Å². The molecule has 0 fully saturated rings. The molecule has 0 N–H and O–H groups in total. The summed E-state index contributed by atoms with van der Waals surface area (Å²) in [6, 6.07) is 3.21. The van der Waals surface area contributed by atoms with Crippen molar-refractivity contribution >= 4 is 51.8 Å². The van der Waals surface area contributed by atoms with Crippen LogP contribution in [0.4, 0.5) is 45.2 Å². The Labute approximate surface area is 246 Å². The van der Waals surface area contributed by atoms with Crippen LogP contribution in [0.2, 0.25) is 5.02 Å². The molecule has 17 heteroatoms. The number of rotatable bonds is 8. The Balaban J connectivity index is 2.01. The number of oxime groups is 1. The lowest BCUT2D eigenvalue weighted by molar-refractivity contribution is -0.276. The van der Waals surface area contributed by atoms with E-state index in [4.69, 9.17) is 11.6 Å². The van der Waals surface area contributed by atoms with E-state index in [1.165, 1.54) is 19.2 Å². The third kappa shape index (κ3) is 6.91. The van der Waals surface area contributed by atoms with Crippen LogP contribution in [0.25, 0.3) is 0 Å². The van der Waals surface area contributed by atoms with Crippen LogP contribution in [0.1, 0.15) is 42.5 Å². The number of halogens is 10. The van der Waals surface area contributed by atoms with E-state index in [1.807, 2.05) is 0 Å². The zero-order valence-electron chi connectivity index (χ0n) is 21.9. The number of nitrogens with zero attached hydrogens (tertiary/aromatic N) is 2. The molecule has 42 heavy (non-hydrogen) atoms. The molecular weight excluding hydrogens is 647 g/mol. The first-order valence-corrected chi connectivity index (χ1v) is 14.8. The molecular formula is C25H22ClF9N2O3S2. The van der Waals surface area contributed by atoms with E-state index in [-0.39, 0.29) is 40.2 Å². The Hall–Kier alpha value is -2.30. The molecule has 0 saturated carbocycles. The third-order valence-electron chi connectivity index (χ3n) is 6.26. The predicted octanol–water partition coefficient (Wildman–Crippen LogP) is 7.77. The summed E-state index contributed by atoms with van der Waals surface area (Å²) in [6.07, 6.45) is -17.6. The fourth-order valence-corrected chi connectivity index (χ4v) is 7.06. The predicted molar refractivity (Wildman–Crippen MR) is 142 cm³/mol. The molecule has 2 aromatic rings. The van der Waals surface area contributed by atoms with E-state index in [0.717, 1.165) is 22.7 Å². The van der Waals surface area contributed by atoms with Gasteiger partial charge in [0.25, 0.3) is 11.5 Å². The molecule has 0 aliphatic carbocycles. The highest BCUT2D eigenvalue weighted by Crippen LogP contribution is 2.51. The molecule has 1 amide bonds. The maximum absolute atomic E-state index is 14.4. The van der Waals surface area contributed by atoms with Crippen molar-refractivity contribution in [2.75, 3.05) is 23.5 Å². The summed E-state index contributed by atoms with van der Waals surface area (Å²) in [5.41, 5.74) is -9.45. The van der Waals surface area contributed by atoms with Gasteiger partial charge in [-0.3, -0.25) is 4.79 Å². The highest BCUT2D eigenvalue weighted by molar-refractivity contribution is 8.14. The zero-order chi connectivity index (χ0) is 31.8. The van der Waals surface area contributed by atoms with E-state index < -0.39 is 74.6 Å². The van der Waals surface area contributed by atoms with Crippen molar-refractivity contribution in [1.29, 1.82) is 0 Å². The van der Waals surface area contributed by atoms with Gasteiger partial charge >= 0.3 is 18.5 Å². The van der Waals surface area contributed by atoms with E-state index in [9.17, 15) is 48.9 Å². The average Bonchev–Trinajstić information content (AvgIpc) is 3.36.